The first-order valence-corrected chi connectivity index (χ1v) is 6.83. The molecule has 0 spiro atoms. The van der Waals surface area contributed by atoms with E-state index in [1.165, 1.54) is 18.8 Å². The van der Waals surface area contributed by atoms with Crippen LogP contribution in [0.25, 0.3) is 0 Å². The predicted molar refractivity (Wildman–Crippen MR) is 73.3 cm³/mol. The van der Waals surface area contributed by atoms with E-state index in [1.807, 2.05) is 6.26 Å². The summed E-state index contributed by atoms with van der Waals surface area (Å²) in [7, 11) is 1.47. The van der Waals surface area contributed by atoms with Gasteiger partial charge in [-0.15, -0.1) is 0 Å². The van der Waals surface area contributed by atoms with Gasteiger partial charge in [0.2, 0.25) is 0 Å². The third kappa shape index (κ3) is 3.82. The quantitative estimate of drug-likeness (QED) is 0.474. The van der Waals surface area contributed by atoms with Crippen LogP contribution in [-0.2, 0) is 0 Å². The first kappa shape index (κ1) is 15.2. The van der Waals surface area contributed by atoms with E-state index in [-0.39, 0.29) is 11.3 Å². The van der Waals surface area contributed by atoms with E-state index >= 15 is 0 Å². The highest BCUT2D eigenvalue weighted by Crippen LogP contribution is 2.25. The van der Waals surface area contributed by atoms with Crippen LogP contribution in [-0.4, -0.2) is 36.4 Å². The van der Waals surface area contributed by atoms with E-state index in [9.17, 15) is 19.3 Å². The molecule has 19 heavy (non-hydrogen) atoms. The largest absolute Gasteiger partial charge is 0.386 e. The maximum Gasteiger partial charge on any atom is 0.285 e. The Morgan fingerprint density at radius 1 is 1.53 bits per heavy atom. The summed E-state index contributed by atoms with van der Waals surface area (Å²) >= 11 is 1.54. The molecule has 8 heteroatoms. The summed E-state index contributed by atoms with van der Waals surface area (Å²) in [4.78, 5) is 21.9. The van der Waals surface area contributed by atoms with E-state index < -0.39 is 22.3 Å². The van der Waals surface area contributed by atoms with Crippen LogP contribution in [0.1, 0.15) is 10.4 Å². The summed E-state index contributed by atoms with van der Waals surface area (Å²) in [5.74, 6) is -0.660. The molecule has 0 unspecified atom stereocenters. The second kappa shape index (κ2) is 6.93. The van der Waals surface area contributed by atoms with Crippen molar-refractivity contribution in [2.75, 3.05) is 30.9 Å². The summed E-state index contributed by atoms with van der Waals surface area (Å²) in [5, 5.41) is 15.9. The van der Waals surface area contributed by atoms with Crippen LogP contribution in [0, 0.1) is 15.9 Å². The fraction of sp³-hybridized carbons (Fsp3) is 0.364. The Hall–Kier alpha value is -1.83. The molecule has 2 N–H and O–H groups in total. The molecule has 6 nitrogen and oxygen atoms in total. The number of nitro groups is 1. The summed E-state index contributed by atoms with van der Waals surface area (Å²) in [6.07, 6.45) is 1.88. The Morgan fingerprint density at radius 3 is 2.74 bits per heavy atom. The molecule has 0 atom stereocenters. The lowest BCUT2D eigenvalue weighted by Crippen LogP contribution is -2.26. The van der Waals surface area contributed by atoms with Crippen molar-refractivity contribution in [3.8, 4) is 0 Å². The average molecular weight is 287 g/mol. The highest BCUT2D eigenvalue weighted by Gasteiger charge is 2.23. The van der Waals surface area contributed by atoms with Gasteiger partial charge in [0.1, 0.15) is 5.56 Å². The SMILES string of the molecule is CNc1cc(C(=O)NCCSC)c([N+](=O)[O-])cc1F. The predicted octanol–water partition coefficient (Wildman–Crippen LogP) is 1.87. The highest BCUT2D eigenvalue weighted by molar-refractivity contribution is 7.98. The van der Waals surface area contributed by atoms with Crippen LogP contribution in [0.5, 0.6) is 0 Å². The number of hydrogen-bond donors (Lipinski definition) is 2. The van der Waals surface area contributed by atoms with Gasteiger partial charge in [0.15, 0.2) is 5.82 Å². The monoisotopic (exact) mass is 287 g/mol. The van der Waals surface area contributed by atoms with Gasteiger partial charge >= 0.3 is 0 Å². The molecule has 0 saturated carbocycles. The minimum Gasteiger partial charge on any atom is -0.386 e. The van der Waals surface area contributed by atoms with E-state index in [2.05, 4.69) is 10.6 Å². The molecule has 0 radical (unpaired) electrons. The Balaban J connectivity index is 3.09. The van der Waals surface area contributed by atoms with Crippen molar-refractivity contribution >= 4 is 29.0 Å². The van der Waals surface area contributed by atoms with Crippen molar-refractivity contribution in [2.24, 2.45) is 0 Å². The smallest absolute Gasteiger partial charge is 0.285 e. The molecule has 0 aliphatic rings. The van der Waals surface area contributed by atoms with Gasteiger partial charge in [0, 0.05) is 19.3 Å². The van der Waals surface area contributed by atoms with E-state index in [0.29, 0.717) is 12.3 Å². The maximum atomic E-state index is 13.5. The molecule has 1 amide bonds. The average Bonchev–Trinajstić information content (AvgIpc) is 2.38. The molecule has 1 aromatic rings. The number of carbonyl (C=O) groups excluding carboxylic acids is 1. The molecule has 1 rings (SSSR count). The van der Waals surface area contributed by atoms with Crippen LogP contribution in [0.3, 0.4) is 0 Å². The van der Waals surface area contributed by atoms with Crippen LogP contribution in [0.2, 0.25) is 0 Å². The van der Waals surface area contributed by atoms with E-state index in [1.54, 1.807) is 0 Å². The second-order valence-electron chi connectivity index (χ2n) is 3.61. The number of amides is 1. The fourth-order valence-corrected chi connectivity index (χ4v) is 1.76. The minimum atomic E-state index is -0.772. The third-order valence-electron chi connectivity index (χ3n) is 2.39. The van der Waals surface area contributed by atoms with Crippen LogP contribution in [0.4, 0.5) is 15.8 Å². The number of carbonyl (C=O) groups is 1. The van der Waals surface area contributed by atoms with Gasteiger partial charge in [-0.1, -0.05) is 0 Å². The van der Waals surface area contributed by atoms with E-state index in [4.69, 9.17) is 0 Å². The summed E-state index contributed by atoms with van der Waals surface area (Å²) in [6, 6.07) is 1.89. The zero-order valence-electron chi connectivity index (χ0n) is 10.5. The number of nitro benzene ring substituents is 1. The molecule has 0 saturated heterocycles. The van der Waals surface area contributed by atoms with Gasteiger partial charge in [0.05, 0.1) is 16.7 Å². The number of halogens is 1. The van der Waals surface area contributed by atoms with Crippen LogP contribution >= 0.6 is 11.8 Å². The number of nitrogens with zero attached hydrogens (tertiary/aromatic N) is 1. The lowest BCUT2D eigenvalue weighted by Gasteiger charge is -2.08. The van der Waals surface area contributed by atoms with Gasteiger partial charge in [-0.2, -0.15) is 11.8 Å². The second-order valence-corrected chi connectivity index (χ2v) is 4.59. The normalized spacial score (nSPS) is 10.1. The first-order chi connectivity index (χ1) is 9.01. The zero-order valence-corrected chi connectivity index (χ0v) is 11.3. The van der Waals surface area contributed by atoms with Crippen LogP contribution < -0.4 is 10.6 Å². The number of hydrogen-bond acceptors (Lipinski definition) is 5. The molecule has 1 aromatic carbocycles. The lowest BCUT2D eigenvalue weighted by molar-refractivity contribution is -0.385. The summed E-state index contributed by atoms with van der Waals surface area (Å²) in [5.41, 5.74) is -0.657. The van der Waals surface area contributed by atoms with Crippen LogP contribution in [0.15, 0.2) is 12.1 Å². The van der Waals surface area contributed by atoms with Gasteiger partial charge in [-0.3, -0.25) is 14.9 Å². The van der Waals surface area contributed by atoms with Crippen molar-refractivity contribution in [1.29, 1.82) is 0 Å². The lowest BCUT2D eigenvalue weighted by atomic mass is 10.1. The topological polar surface area (TPSA) is 84.3 Å². The number of rotatable bonds is 6. The zero-order chi connectivity index (χ0) is 14.4. The fourth-order valence-electron chi connectivity index (χ4n) is 1.45. The van der Waals surface area contributed by atoms with Crippen molar-refractivity contribution in [3.05, 3.63) is 33.6 Å². The van der Waals surface area contributed by atoms with Crippen molar-refractivity contribution in [2.45, 2.75) is 0 Å². The molecular weight excluding hydrogens is 273 g/mol. The van der Waals surface area contributed by atoms with Gasteiger partial charge in [-0.25, -0.2) is 4.39 Å². The Labute approximate surface area is 113 Å². The Bertz CT molecular complexity index is 496. The molecule has 104 valence electrons. The molecule has 0 fully saturated rings. The first-order valence-electron chi connectivity index (χ1n) is 5.44. The summed E-state index contributed by atoms with van der Waals surface area (Å²) < 4.78 is 13.5. The molecular formula is C11H14FN3O3S. The van der Waals surface area contributed by atoms with Gasteiger partial charge < -0.3 is 10.6 Å². The molecule has 0 aliphatic heterocycles. The number of nitrogens with one attached hydrogen (secondary N) is 2. The Morgan fingerprint density at radius 2 is 2.21 bits per heavy atom. The van der Waals surface area contributed by atoms with Crippen molar-refractivity contribution < 1.29 is 14.1 Å². The van der Waals surface area contributed by atoms with Gasteiger partial charge in [0.25, 0.3) is 11.6 Å². The number of thioether (sulfide) groups is 1. The molecule has 0 bridgehead atoms. The minimum absolute atomic E-state index is 0.0422. The van der Waals surface area contributed by atoms with Crippen molar-refractivity contribution in [1.82, 2.24) is 5.32 Å². The van der Waals surface area contributed by atoms with Crippen molar-refractivity contribution in [3.63, 3.8) is 0 Å². The molecule has 0 aromatic heterocycles. The number of benzene rings is 1. The van der Waals surface area contributed by atoms with Gasteiger partial charge in [-0.05, 0) is 12.3 Å². The molecule has 0 aliphatic carbocycles. The Kier molecular flexibility index (Phi) is 5.56. The van der Waals surface area contributed by atoms with E-state index in [0.717, 1.165) is 12.1 Å². The standard InChI is InChI=1S/C11H14FN3O3S/c1-13-9-5-7(11(16)14-3-4-19-2)10(15(17)18)6-8(9)12/h5-6,13H,3-4H2,1-2H3,(H,14,16). The summed E-state index contributed by atoms with van der Waals surface area (Å²) in [6.45, 7) is 0.392. The number of anilines is 1. The molecule has 0 heterocycles. The highest BCUT2D eigenvalue weighted by atomic mass is 32.2. The third-order valence-corrected chi connectivity index (χ3v) is 3.00. The maximum absolute atomic E-state index is 13.5.